The molecule has 5 heteroatoms. The zero-order chi connectivity index (χ0) is 13.8. The van der Waals surface area contributed by atoms with Gasteiger partial charge in [0.15, 0.2) is 11.6 Å². The molecule has 0 saturated carbocycles. The van der Waals surface area contributed by atoms with Crippen LogP contribution in [0.25, 0.3) is 0 Å². The lowest BCUT2D eigenvalue weighted by atomic mass is 9.77. The number of pyridine rings is 1. The number of carbonyl (C=O) groups is 2. The van der Waals surface area contributed by atoms with E-state index in [-0.39, 0.29) is 30.0 Å². The molecule has 0 radical (unpaired) electrons. The van der Waals surface area contributed by atoms with Gasteiger partial charge in [-0.05, 0) is 18.9 Å². The van der Waals surface area contributed by atoms with Crippen LogP contribution in [-0.2, 0) is 23.4 Å². The number of rotatable bonds is 1. The van der Waals surface area contributed by atoms with E-state index in [9.17, 15) is 19.5 Å². The first-order chi connectivity index (χ1) is 8.99. The quantitative estimate of drug-likeness (QED) is 0.800. The molecule has 0 fully saturated rings. The van der Waals surface area contributed by atoms with Crippen LogP contribution in [0.1, 0.15) is 47.8 Å². The number of carbonyl (C=O) groups excluding carboxylic acids is 2. The van der Waals surface area contributed by atoms with Gasteiger partial charge in [-0.25, -0.2) is 0 Å². The summed E-state index contributed by atoms with van der Waals surface area (Å²) < 4.78 is 1.47. The van der Waals surface area contributed by atoms with Gasteiger partial charge in [0.25, 0.3) is 5.56 Å². The summed E-state index contributed by atoms with van der Waals surface area (Å²) in [4.78, 5) is 36.1. The second-order valence-corrected chi connectivity index (χ2v) is 5.19. The average molecular weight is 261 g/mol. The maximum absolute atomic E-state index is 12.3. The second-order valence-electron chi connectivity index (χ2n) is 5.19. The predicted molar refractivity (Wildman–Crippen MR) is 67.2 cm³/mol. The number of aromatic nitrogens is 1. The van der Waals surface area contributed by atoms with Crippen LogP contribution in [0.5, 0.6) is 0 Å². The molecule has 1 aliphatic heterocycles. The van der Waals surface area contributed by atoms with Crippen molar-refractivity contribution in [2.24, 2.45) is 0 Å². The molecule has 2 aliphatic rings. The number of aliphatic hydroxyl groups is 1. The highest BCUT2D eigenvalue weighted by atomic mass is 16.3. The number of hydrogen-bond acceptors (Lipinski definition) is 4. The zero-order valence-electron chi connectivity index (χ0n) is 10.7. The summed E-state index contributed by atoms with van der Waals surface area (Å²) in [7, 11) is 0. The predicted octanol–water partition coefficient (Wildman–Crippen LogP) is 0.548. The van der Waals surface area contributed by atoms with E-state index in [0.29, 0.717) is 36.2 Å². The van der Waals surface area contributed by atoms with E-state index in [0.717, 1.165) is 0 Å². The van der Waals surface area contributed by atoms with Gasteiger partial charge in [0, 0.05) is 30.5 Å². The molecule has 1 atom stereocenters. The Bertz CT molecular complexity index is 658. The molecule has 1 N–H and O–H groups in total. The maximum atomic E-state index is 12.3. The van der Waals surface area contributed by atoms with Crippen LogP contribution < -0.4 is 5.56 Å². The monoisotopic (exact) mass is 261 g/mol. The molecule has 19 heavy (non-hydrogen) atoms. The molecular formula is C14H15NO4. The summed E-state index contributed by atoms with van der Waals surface area (Å²) >= 11 is 0. The van der Waals surface area contributed by atoms with Crippen LogP contribution in [0.15, 0.2) is 10.9 Å². The van der Waals surface area contributed by atoms with Crippen molar-refractivity contribution in [2.75, 3.05) is 0 Å². The molecule has 0 amide bonds. The molecule has 1 aliphatic carbocycles. The second kappa shape index (κ2) is 3.87. The van der Waals surface area contributed by atoms with Gasteiger partial charge < -0.3 is 9.67 Å². The van der Waals surface area contributed by atoms with Gasteiger partial charge in [0.2, 0.25) is 0 Å². The van der Waals surface area contributed by atoms with E-state index >= 15 is 0 Å². The third kappa shape index (κ3) is 1.48. The Labute approximate surface area is 109 Å². The fraction of sp³-hybridized carbons (Fsp3) is 0.500. The summed E-state index contributed by atoms with van der Waals surface area (Å²) in [5, 5.41) is 10.5. The van der Waals surface area contributed by atoms with Gasteiger partial charge in [-0.3, -0.25) is 14.4 Å². The molecular weight excluding hydrogens is 246 g/mol. The van der Waals surface area contributed by atoms with Crippen molar-refractivity contribution in [3.8, 4) is 0 Å². The highest BCUT2D eigenvalue weighted by Crippen LogP contribution is 2.35. The lowest BCUT2D eigenvalue weighted by Crippen LogP contribution is -2.43. The third-order valence-corrected chi connectivity index (χ3v) is 4.27. The van der Waals surface area contributed by atoms with Gasteiger partial charge in [0.05, 0.1) is 5.69 Å². The summed E-state index contributed by atoms with van der Waals surface area (Å²) in [5.41, 5.74) is -0.672. The molecule has 0 bridgehead atoms. The Morgan fingerprint density at radius 2 is 2.00 bits per heavy atom. The minimum Gasteiger partial charge on any atom is -0.377 e. The van der Waals surface area contributed by atoms with Crippen molar-refractivity contribution < 1.29 is 14.7 Å². The molecule has 0 saturated heterocycles. The summed E-state index contributed by atoms with van der Waals surface area (Å²) in [6.45, 7) is 2.11. The first-order valence-corrected chi connectivity index (χ1v) is 6.55. The van der Waals surface area contributed by atoms with Crippen molar-refractivity contribution in [1.29, 1.82) is 0 Å². The van der Waals surface area contributed by atoms with Crippen molar-refractivity contribution >= 4 is 11.6 Å². The number of hydrogen-bond donors (Lipinski definition) is 1. The molecule has 1 aromatic heterocycles. The van der Waals surface area contributed by atoms with Crippen LogP contribution in [0.4, 0.5) is 0 Å². The Morgan fingerprint density at radius 1 is 1.26 bits per heavy atom. The summed E-state index contributed by atoms with van der Waals surface area (Å²) in [5.74, 6) is -0.367. The van der Waals surface area contributed by atoms with Crippen LogP contribution >= 0.6 is 0 Å². The number of fused-ring (bicyclic) bond motifs is 2. The highest BCUT2D eigenvalue weighted by Gasteiger charge is 2.43. The first-order valence-electron chi connectivity index (χ1n) is 6.55. The van der Waals surface area contributed by atoms with E-state index in [1.54, 1.807) is 13.0 Å². The fourth-order valence-electron chi connectivity index (χ4n) is 3.08. The molecule has 0 unspecified atom stereocenters. The van der Waals surface area contributed by atoms with Crippen molar-refractivity contribution in [2.45, 2.75) is 44.8 Å². The minimum absolute atomic E-state index is 0.101. The van der Waals surface area contributed by atoms with Crippen LogP contribution in [0.2, 0.25) is 0 Å². The van der Waals surface area contributed by atoms with E-state index < -0.39 is 5.60 Å². The van der Waals surface area contributed by atoms with Gasteiger partial charge in [-0.15, -0.1) is 0 Å². The number of nitrogens with zero attached hydrogens (tertiary/aromatic N) is 1. The lowest BCUT2D eigenvalue weighted by Gasteiger charge is -2.32. The normalized spacial score (nSPS) is 25.4. The zero-order valence-corrected chi connectivity index (χ0v) is 10.7. The van der Waals surface area contributed by atoms with Crippen molar-refractivity contribution in [1.82, 2.24) is 4.57 Å². The highest BCUT2D eigenvalue weighted by molar-refractivity contribution is 5.97. The average Bonchev–Trinajstić information content (AvgIpc) is 2.77. The minimum atomic E-state index is -1.61. The molecule has 2 heterocycles. The third-order valence-electron chi connectivity index (χ3n) is 4.27. The Kier molecular flexibility index (Phi) is 2.50. The van der Waals surface area contributed by atoms with Crippen LogP contribution in [-0.4, -0.2) is 21.2 Å². The molecule has 0 aromatic carbocycles. The fourth-order valence-corrected chi connectivity index (χ4v) is 3.08. The molecule has 100 valence electrons. The van der Waals surface area contributed by atoms with Gasteiger partial charge in [0.1, 0.15) is 5.60 Å². The van der Waals surface area contributed by atoms with Crippen LogP contribution in [0, 0.1) is 0 Å². The van der Waals surface area contributed by atoms with Crippen molar-refractivity contribution in [3.63, 3.8) is 0 Å². The Morgan fingerprint density at radius 3 is 2.68 bits per heavy atom. The number of ketones is 2. The molecule has 0 spiro atoms. The van der Waals surface area contributed by atoms with E-state index in [1.165, 1.54) is 4.57 Å². The maximum Gasteiger partial charge on any atom is 0.254 e. The lowest BCUT2D eigenvalue weighted by molar-refractivity contribution is -0.140. The molecule has 1 aromatic rings. The van der Waals surface area contributed by atoms with E-state index in [1.807, 2.05) is 0 Å². The first kappa shape index (κ1) is 12.3. The SMILES string of the molecule is CC[C@@]1(O)C(=O)CCc2c1cc1n(c2=O)CCC1=O. The Hall–Kier alpha value is -1.75. The van der Waals surface area contributed by atoms with Gasteiger partial charge in [-0.2, -0.15) is 0 Å². The smallest absolute Gasteiger partial charge is 0.254 e. The summed E-state index contributed by atoms with van der Waals surface area (Å²) in [6.07, 6.45) is 1.07. The topological polar surface area (TPSA) is 76.4 Å². The number of Topliss-reactive ketones (excluding diaryl/α,β-unsaturated/α-hetero) is 2. The molecule has 3 rings (SSSR count). The van der Waals surface area contributed by atoms with Crippen molar-refractivity contribution in [3.05, 3.63) is 33.2 Å². The van der Waals surface area contributed by atoms with Crippen LogP contribution in [0.3, 0.4) is 0 Å². The van der Waals surface area contributed by atoms with Gasteiger partial charge >= 0.3 is 0 Å². The summed E-state index contributed by atoms with van der Waals surface area (Å²) in [6, 6.07) is 1.55. The van der Waals surface area contributed by atoms with E-state index in [4.69, 9.17) is 0 Å². The largest absolute Gasteiger partial charge is 0.377 e. The standard InChI is InChI=1S/C14H15NO4/c1-2-14(19)9-7-10-11(16)5-6-15(10)13(18)8(9)3-4-12(14)17/h7,19H,2-6H2,1H3/t14-/m0/s1. The molecule has 5 nitrogen and oxygen atoms in total. The van der Waals surface area contributed by atoms with E-state index in [2.05, 4.69) is 0 Å². The van der Waals surface area contributed by atoms with Gasteiger partial charge in [-0.1, -0.05) is 6.92 Å². The Balaban J connectivity index is 2.33.